The Morgan fingerprint density at radius 3 is 2.71 bits per heavy atom. The number of benzene rings is 1. The van der Waals surface area contributed by atoms with Crippen LogP contribution in [0.25, 0.3) is 0 Å². The predicted molar refractivity (Wildman–Crippen MR) is 86.1 cm³/mol. The fraction of sp³-hybridized carbons (Fsp3) is 0.647. The monoisotopic (exact) mass is 292 g/mol. The highest BCUT2D eigenvalue weighted by molar-refractivity contribution is 5.40. The van der Waals surface area contributed by atoms with E-state index in [1.54, 1.807) is 14.2 Å². The molecule has 1 aliphatic heterocycles. The fourth-order valence-electron chi connectivity index (χ4n) is 3.13. The van der Waals surface area contributed by atoms with Crippen LogP contribution in [0.2, 0.25) is 0 Å². The molecule has 2 atom stereocenters. The van der Waals surface area contributed by atoms with Crippen LogP contribution in [0.5, 0.6) is 11.5 Å². The lowest BCUT2D eigenvalue weighted by atomic mass is 9.97. The Bertz CT molecular complexity index is 450. The Balaban J connectivity index is 2.01. The summed E-state index contributed by atoms with van der Waals surface area (Å²) in [5.74, 6) is 1.75. The van der Waals surface area contributed by atoms with E-state index in [2.05, 4.69) is 30.1 Å². The van der Waals surface area contributed by atoms with Gasteiger partial charge in [-0.05, 0) is 32.4 Å². The minimum Gasteiger partial charge on any atom is -0.497 e. The number of nitrogens with zero attached hydrogens (tertiary/aromatic N) is 1. The molecular weight excluding hydrogens is 264 g/mol. The zero-order valence-corrected chi connectivity index (χ0v) is 13.7. The highest BCUT2D eigenvalue weighted by atomic mass is 16.5. The maximum Gasteiger partial charge on any atom is 0.127 e. The molecule has 0 amide bonds. The lowest BCUT2D eigenvalue weighted by Gasteiger charge is -2.38. The van der Waals surface area contributed by atoms with E-state index in [1.807, 2.05) is 12.1 Å². The SMILES string of the molecule is CCNC1CCN(Cc2ccc(OC)cc2OC)C(C)C1. The third kappa shape index (κ3) is 4.11. The molecule has 0 saturated carbocycles. The minimum atomic E-state index is 0.592. The molecule has 2 unspecified atom stereocenters. The van der Waals surface area contributed by atoms with Crippen molar-refractivity contribution in [3.63, 3.8) is 0 Å². The molecule has 1 fully saturated rings. The molecule has 1 aromatic carbocycles. The first-order chi connectivity index (χ1) is 10.2. The van der Waals surface area contributed by atoms with Crippen molar-refractivity contribution in [2.24, 2.45) is 0 Å². The second kappa shape index (κ2) is 7.66. The van der Waals surface area contributed by atoms with Crippen molar-refractivity contribution in [1.29, 1.82) is 0 Å². The van der Waals surface area contributed by atoms with Gasteiger partial charge < -0.3 is 14.8 Å². The quantitative estimate of drug-likeness (QED) is 0.874. The van der Waals surface area contributed by atoms with E-state index in [1.165, 1.54) is 18.4 Å². The molecule has 4 heteroatoms. The molecule has 1 aliphatic rings. The van der Waals surface area contributed by atoms with Crippen LogP contribution in [-0.2, 0) is 6.54 Å². The smallest absolute Gasteiger partial charge is 0.127 e. The first-order valence-electron chi connectivity index (χ1n) is 7.86. The normalized spacial score (nSPS) is 23.0. The maximum atomic E-state index is 5.51. The molecule has 0 bridgehead atoms. The third-order valence-corrected chi connectivity index (χ3v) is 4.37. The molecule has 0 aromatic heterocycles. The van der Waals surface area contributed by atoms with Crippen LogP contribution in [0.1, 0.15) is 32.3 Å². The standard InChI is InChI=1S/C17H28N2O2/c1-5-18-15-8-9-19(13(2)10-15)12-14-6-7-16(20-3)11-17(14)21-4/h6-7,11,13,15,18H,5,8-10,12H2,1-4H3. The lowest BCUT2D eigenvalue weighted by molar-refractivity contribution is 0.128. The van der Waals surface area contributed by atoms with E-state index in [0.717, 1.165) is 31.1 Å². The van der Waals surface area contributed by atoms with Crippen molar-refractivity contribution in [2.45, 2.75) is 45.3 Å². The van der Waals surface area contributed by atoms with Gasteiger partial charge in [0.2, 0.25) is 0 Å². The molecule has 0 spiro atoms. The summed E-state index contributed by atoms with van der Waals surface area (Å²) in [7, 11) is 3.40. The van der Waals surface area contributed by atoms with Gasteiger partial charge in [0.1, 0.15) is 11.5 Å². The van der Waals surface area contributed by atoms with E-state index in [4.69, 9.17) is 9.47 Å². The number of likely N-dealkylation sites (tertiary alicyclic amines) is 1. The number of piperidine rings is 1. The molecular formula is C17H28N2O2. The Labute approximate surface area is 128 Å². The summed E-state index contributed by atoms with van der Waals surface area (Å²) in [4.78, 5) is 2.54. The van der Waals surface area contributed by atoms with Crippen LogP contribution in [0, 0.1) is 0 Å². The van der Waals surface area contributed by atoms with Crippen molar-refractivity contribution in [3.05, 3.63) is 23.8 Å². The van der Waals surface area contributed by atoms with Crippen LogP contribution in [0.15, 0.2) is 18.2 Å². The second-order valence-electron chi connectivity index (χ2n) is 5.78. The average molecular weight is 292 g/mol. The topological polar surface area (TPSA) is 33.7 Å². The first kappa shape index (κ1) is 16.1. The van der Waals surface area contributed by atoms with Gasteiger partial charge in [0, 0.05) is 36.8 Å². The molecule has 4 nitrogen and oxygen atoms in total. The molecule has 118 valence electrons. The Kier molecular flexibility index (Phi) is 5.88. The van der Waals surface area contributed by atoms with Crippen LogP contribution in [-0.4, -0.2) is 44.3 Å². The summed E-state index contributed by atoms with van der Waals surface area (Å²) >= 11 is 0. The third-order valence-electron chi connectivity index (χ3n) is 4.37. The van der Waals surface area contributed by atoms with Crippen molar-refractivity contribution in [1.82, 2.24) is 10.2 Å². The fourth-order valence-corrected chi connectivity index (χ4v) is 3.13. The van der Waals surface area contributed by atoms with E-state index in [0.29, 0.717) is 12.1 Å². The zero-order chi connectivity index (χ0) is 15.2. The molecule has 21 heavy (non-hydrogen) atoms. The van der Waals surface area contributed by atoms with Crippen molar-refractivity contribution in [3.8, 4) is 11.5 Å². The van der Waals surface area contributed by atoms with Crippen molar-refractivity contribution >= 4 is 0 Å². The van der Waals surface area contributed by atoms with Crippen LogP contribution < -0.4 is 14.8 Å². The molecule has 1 aromatic rings. The maximum absolute atomic E-state index is 5.51. The van der Waals surface area contributed by atoms with Gasteiger partial charge in [-0.3, -0.25) is 4.90 Å². The zero-order valence-electron chi connectivity index (χ0n) is 13.7. The predicted octanol–water partition coefficient (Wildman–Crippen LogP) is 2.67. The van der Waals surface area contributed by atoms with E-state index >= 15 is 0 Å². The Hall–Kier alpha value is -1.26. The van der Waals surface area contributed by atoms with E-state index < -0.39 is 0 Å². The first-order valence-corrected chi connectivity index (χ1v) is 7.86. The Morgan fingerprint density at radius 1 is 1.29 bits per heavy atom. The van der Waals surface area contributed by atoms with Crippen LogP contribution in [0.4, 0.5) is 0 Å². The molecule has 1 heterocycles. The lowest BCUT2D eigenvalue weighted by Crippen LogP contribution is -2.46. The Morgan fingerprint density at radius 2 is 2.10 bits per heavy atom. The molecule has 1 N–H and O–H groups in total. The summed E-state index contributed by atoms with van der Waals surface area (Å²) in [6.45, 7) is 7.63. The van der Waals surface area contributed by atoms with Crippen LogP contribution >= 0.6 is 0 Å². The summed E-state index contributed by atoms with van der Waals surface area (Å²) in [6, 6.07) is 7.34. The number of hydrogen-bond donors (Lipinski definition) is 1. The van der Waals surface area contributed by atoms with Gasteiger partial charge in [-0.1, -0.05) is 13.0 Å². The molecule has 1 saturated heterocycles. The van der Waals surface area contributed by atoms with Gasteiger partial charge in [-0.25, -0.2) is 0 Å². The number of methoxy groups -OCH3 is 2. The summed E-state index contributed by atoms with van der Waals surface area (Å²) in [6.07, 6.45) is 2.43. The van der Waals surface area contributed by atoms with Gasteiger partial charge in [0.25, 0.3) is 0 Å². The summed E-state index contributed by atoms with van der Waals surface area (Å²) in [5, 5.41) is 3.57. The average Bonchev–Trinajstić information content (AvgIpc) is 2.50. The summed E-state index contributed by atoms with van der Waals surface area (Å²) < 4.78 is 10.8. The molecule has 2 rings (SSSR count). The highest BCUT2D eigenvalue weighted by Crippen LogP contribution is 2.28. The second-order valence-corrected chi connectivity index (χ2v) is 5.78. The largest absolute Gasteiger partial charge is 0.497 e. The van der Waals surface area contributed by atoms with Gasteiger partial charge >= 0.3 is 0 Å². The number of nitrogens with one attached hydrogen (secondary N) is 1. The van der Waals surface area contributed by atoms with Gasteiger partial charge in [0.15, 0.2) is 0 Å². The van der Waals surface area contributed by atoms with Gasteiger partial charge in [-0.2, -0.15) is 0 Å². The van der Waals surface area contributed by atoms with E-state index in [-0.39, 0.29) is 0 Å². The number of rotatable bonds is 6. The minimum absolute atomic E-state index is 0.592. The highest BCUT2D eigenvalue weighted by Gasteiger charge is 2.25. The van der Waals surface area contributed by atoms with Crippen LogP contribution in [0.3, 0.4) is 0 Å². The number of ether oxygens (including phenoxy) is 2. The summed E-state index contributed by atoms with van der Waals surface area (Å²) in [5.41, 5.74) is 1.23. The molecule has 0 aliphatic carbocycles. The van der Waals surface area contributed by atoms with Crippen molar-refractivity contribution < 1.29 is 9.47 Å². The van der Waals surface area contributed by atoms with E-state index in [9.17, 15) is 0 Å². The van der Waals surface area contributed by atoms with Gasteiger partial charge in [-0.15, -0.1) is 0 Å². The van der Waals surface area contributed by atoms with Gasteiger partial charge in [0.05, 0.1) is 14.2 Å². The van der Waals surface area contributed by atoms with Crippen molar-refractivity contribution in [2.75, 3.05) is 27.3 Å². The molecule has 0 radical (unpaired) electrons. The number of hydrogen-bond acceptors (Lipinski definition) is 4.